The molecule has 2 nitrogen and oxygen atoms in total. The van der Waals surface area contributed by atoms with E-state index in [0.29, 0.717) is 0 Å². The largest absolute Gasteiger partial charge is 0.495 e. The maximum absolute atomic E-state index is 5.19. The lowest BCUT2D eigenvalue weighted by Gasteiger charge is -2.00. The molecule has 61 valence electrons. The Labute approximate surface area is 71.2 Å². The molecule has 2 aromatic rings. The summed E-state index contributed by atoms with van der Waals surface area (Å²) in [7, 11) is 1.67. The highest BCUT2D eigenvalue weighted by atomic mass is 16.5. The fourth-order valence-electron chi connectivity index (χ4n) is 1.37. The van der Waals surface area contributed by atoms with Crippen molar-refractivity contribution in [3.8, 4) is 5.75 Å². The van der Waals surface area contributed by atoms with Crippen molar-refractivity contribution in [1.82, 2.24) is 4.98 Å². The van der Waals surface area contributed by atoms with Gasteiger partial charge in [0.15, 0.2) is 0 Å². The predicted molar refractivity (Wildman–Crippen MR) is 48.4 cm³/mol. The summed E-state index contributed by atoms with van der Waals surface area (Å²) in [4.78, 5) is 3.06. The van der Waals surface area contributed by atoms with Crippen LogP contribution in [-0.2, 0) is 0 Å². The summed E-state index contributed by atoms with van der Waals surface area (Å²) >= 11 is 0. The zero-order chi connectivity index (χ0) is 8.55. The van der Waals surface area contributed by atoms with Crippen LogP contribution in [0.5, 0.6) is 5.75 Å². The molecule has 0 aliphatic carbocycles. The van der Waals surface area contributed by atoms with Crippen LogP contribution in [0, 0.1) is 13.1 Å². The Hall–Kier alpha value is -1.44. The van der Waals surface area contributed by atoms with Crippen LogP contribution in [0.3, 0.4) is 0 Å². The van der Waals surface area contributed by atoms with E-state index in [-0.39, 0.29) is 0 Å². The molecule has 1 heterocycles. The fourth-order valence-corrected chi connectivity index (χ4v) is 1.37. The van der Waals surface area contributed by atoms with Gasteiger partial charge in [0.1, 0.15) is 5.75 Å². The van der Waals surface area contributed by atoms with Gasteiger partial charge in [0.05, 0.1) is 18.8 Å². The van der Waals surface area contributed by atoms with Crippen molar-refractivity contribution in [2.75, 3.05) is 7.11 Å². The second-order valence-corrected chi connectivity index (χ2v) is 2.76. The standard InChI is InChI=1S/C10H10NO/c1-7-6-11-10-8(7)4-3-5-9(10)12-2/h3-5,11H,1-2H3. The quantitative estimate of drug-likeness (QED) is 0.680. The van der Waals surface area contributed by atoms with Gasteiger partial charge in [0.25, 0.3) is 0 Å². The van der Waals surface area contributed by atoms with Crippen molar-refractivity contribution in [2.45, 2.75) is 6.92 Å². The Morgan fingerprint density at radius 1 is 1.42 bits per heavy atom. The molecule has 0 spiro atoms. The van der Waals surface area contributed by atoms with E-state index in [2.05, 4.69) is 17.2 Å². The lowest BCUT2D eigenvalue weighted by atomic mass is 10.2. The zero-order valence-electron chi connectivity index (χ0n) is 7.14. The lowest BCUT2D eigenvalue weighted by Crippen LogP contribution is -1.83. The summed E-state index contributed by atoms with van der Waals surface area (Å²) in [6.45, 7) is 2.03. The van der Waals surface area contributed by atoms with Gasteiger partial charge < -0.3 is 9.72 Å². The Morgan fingerprint density at radius 3 is 3.00 bits per heavy atom. The Morgan fingerprint density at radius 2 is 2.25 bits per heavy atom. The number of fused-ring (bicyclic) bond motifs is 1. The molecule has 12 heavy (non-hydrogen) atoms. The van der Waals surface area contributed by atoms with Crippen LogP contribution in [0.15, 0.2) is 18.2 Å². The molecule has 0 bridgehead atoms. The third-order valence-corrected chi connectivity index (χ3v) is 2.03. The smallest absolute Gasteiger partial charge is 0.142 e. The molecule has 1 N–H and O–H groups in total. The van der Waals surface area contributed by atoms with Crippen LogP contribution >= 0.6 is 0 Å². The minimum Gasteiger partial charge on any atom is -0.495 e. The molecule has 1 radical (unpaired) electrons. The van der Waals surface area contributed by atoms with Crippen LogP contribution in [-0.4, -0.2) is 12.1 Å². The van der Waals surface area contributed by atoms with E-state index in [1.807, 2.05) is 19.1 Å². The van der Waals surface area contributed by atoms with Crippen LogP contribution < -0.4 is 4.74 Å². The number of hydrogen-bond donors (Lipinski definition) is 1. The monoisotopic (exact) mass is 160 g/mol. The summed E-state index contributed by atoms with van der Waals surface area (Å²) in [6.07, 6.45) is 3.05. The van der Waals surface area contributed by atoms with Crippen LogP contribution in [0.1, 0.15) is 5.56 Å². The minimum atomic E-state index is 0.872. The predicted octanol–water partition coefficient (Wildman–Crippen LogP) is 2.29. The number of aromatic nitrogens is 1. The Kier molecular flexibility index (Phi) is 1.54. The van der Waals surface area contributed by atoms with Gasteiger partial charge in [0.2, 0.25) is 0 Å². The topological polar surface area (TPSA) is 25.0 Å². The Balaban J connectivity index is 2.81. The van der Waals surface area contributed by atoms with Crippen molar-refractivity contribution < 1.29 is 4.74 Å². The molecule has 0 aliphatic heterocycles. The molecule has 1 aromatic heterocycles. The number of para-hydroxylation sites is 1. The number of ether oxygens (including phenoxy) is 1. The molecular formula is C10H10NO. The average Bonchev–Trinajstić information content (AvgIpc) is 2.48. The maximum Gasteiger partial charge on any atom is 0.142 e. The van der Waals surface area contributed by atoms with Gasteiger partial charge in [-0.3, -0.25) is 0 Å². The molecule has 0 amide bonds. The zero-order valence-corrected chi connectivity index (χ0v) is 7.14. The number of methoxy groups -OCH3 is 1. The number of nitrogens with one attached hydrogen (secondary N) is 1. The van der Waals surface area contributed by atoms with Gasteiger partial charge in [0, 0.05) is 5.39 Å². The SMILES string of the molecule is COc1cccc2c(C)[c][nH]c12. The first-order valence-corrected chi connectivity index (χ1v) is 3.86. The molecule has 0 saturated carbocycles. The fraction of sp³-hybridized carbons (Fsp3) is 0.200. The first-order valence-electron chi connectivity index (χ1n) is 3.86. The molecule has 0 aliphatic rings. The molecule has 2 heteroatoms. The third kappa shape index (κ3) is 0.881. The second-order valence-electron chi connectivity index (χ2n) is 2.76. The van der Waals surface area contributed by atoms with Gasteiger partial charge >= 0.3 is 0 Å². The number of benzene rings is 1. The highest BCUT2D eigenvalue weighted by Gasteiger charge is 2.03. The number of aryl methyl sites for hydroxylation is 1. The van der Waals surface area contributed by atoms with Gasteiger partial charge in [-0.25, -0.2) is 0 Å². The summed E-state index contributed by atoms with van der Waals surface area (Å²) in [5.74, 6) is 0.872. The van der Waals surface area contributed by atoms with Crippen molar-refractivity contribution in [1.29, 1.82) is 0 Å². The van der Waals surface area contributed by atoms with E-state index < -0.39 is 0 Å². The molecule has 2 rings (SSSR count). The van der Waals surface area contributed by atoms with E-state index in [9.17, 15) is 0 Å². The van der Waals surface area contributed by atoms with Crippen molar-refractivity contribution >= 4 is 10.9 Å². The number of H-pyrrole nitrogens is 1. The van der Waals surface area contributed by atoms with E-state index in [1.165, 1.54) is 5.39 Å². The van der Waals surface area contributed by atoms with Crippen molar-refractivity contribution in [3.63, 3.8) is 0 Å². The summed E-state index contributed by atoms with van der Waals surface area (Å²) in [6, 6.07) is 5.97. The average molecular weight is 160 g/mol. The van der Waals surface area contributed by atoms with E-state index in [0.717, 1.165) is 16.8 Å². The highest BCUT2D eigenvalue weighted by molar-refractivity contribution is 5.87. The molecule has 0 saturated heterocycles. The molecule has 0 fully saturated rings. The minimum absolute atomic E-state index is 0.872. The molecule has 0 unspecified atom stereocenters. The van der Waals surface area contributed by atoms with Gasteiger partial charge in [-0.15, -0.1) is 0 Å². The highest BCUT2D eigenvalue weighted by Crippen LogP contribution is 2.25. The van der Waals surface area contributed by atoms with E-state index >= 15 is 0 Å². The maximum atomic E-state index is 5.19. The number of rotatable bonds is 1. The van der Waals surface area contributed by atoms with E-state index in [1.54, 1.807) is 7.11 Å². The lowest BCUT2D eigenvalue weighted by molar-refractivity contribution is 0.419. The van der Waals surface area contributed by atoms with Crippen LogP contribution in [0.4, 0.5) is 0 Å². The van der Waals surface area contributed by atoms with Crippen molar-refractivity contribution in [3.05, 3.63) is 30.0 Å². The first kappa shape index (κ1) is 7.22. The van der Waals surface area contributed by atoms with Crippen LogP contribution in [0.25, 0.3) is 10.9 Å². The first-order chi connectivity index (χ1) is 5.83. The summed E-state index contributed by atoms with van der Waals surface area (Å²) in [5.41, 5.74) is 2.15. The summed E-state index contributed by atoms with van der Waals surface area (Å²) in [5, 5.41) is 1.18. The molecular weight excluding hydrogens is 150 g/mol. The second kappa shape index (κ2) is 2.55. The van der Waals surface area contributed by atoms with Crippen molar-refractivity contribution in [2.24, 2.45) is 0 Å². The molecule has 1 aromatic carbocycles. The Bertz CT molecular complexity index is 403. The van der Waals surface area contributed by atoms with Gasteiger partial charge in [-0.1, -0.05) is 12.1 Å². The normalized spacial score (nSPS) is 10.5. The van der Waals surface area contributed by atoms with E-state index in [4.69, 9.17) is 4.74 Å². The van der Waals surface area contributed by atoms with Gasteiger partial charge in [-0.2, -0.15) is 0 Å². The summed E-state index contributed by atoms with van der Waals surface area (Å²) < 4.78 is 5.19. The molecule has 0 atom stereocenters. The van der Waals surface area contributed by atoms with Crippen LogP contribution in [0.2, 0.25) is 0 Å². The number of aromatic amines is 1. The van der Waals surface area contributed by atoms with Gasteiger partial charge in [-0.05, 0) is 18.6 Å². The third-order valence-electron chi connectivity index (χ3n) is 2.03. The number of hydrogen-bond acceptors (Lipinski definition) is 1.